The van der Waals surface area contributed by atoms with E-state index in [4.69, 9.17) is 9.99 Å². The van der Waals surface area contributed by atoms with Crippen LogP contribution in [0.25, 0.3) is 10.8 Å². The quantitative estimate of drug-likeness (QED) is 0.259. The van der Waals surface area contributed by atoms with Crippen molar-refractivity contribution in [1.29, 1.82) is 0 Å². The summed E-state index contributed by atoms with van der Waals surface area (Å²) in [5.41, 5.74) is 0. The highest BCUT2D eigenvalue weighted by molar-refractivity contribution is 7.53. The highest BCUT2D eigenvalue weighted by Crippen LogP contribution is 2.45. The number of hydrogen-bond acceptors (Lipinski definition) is 6. The van der Waals surface area contributed by atoms with Crippen LogP contribution in [0.5, 0.6) is 5.75 Å². The minimum Gasteiger partial charge on any atom is -0.480 e. The predicted octanol–water partition coefficient (Wildman–Crippen LogP) is 1.29. The molecule has 9 heteroatoms. The Balaban J connectivity index is 2.07. The van der Waals surface area contributed by atoms with E-state index in [1.807, 2.05) is 23.5 Å². The van der Waals surface area contributed by atoms with Gasteiger partial charge >= 0.3 is 13.6 Å². The van der Waals surface area contributed by atoms with Gasteiger partial charge in [-0.1, -0.05) is 41.1 Å². The molecule has 0 saturated heterocycles. The zero-order chi connectivity index (χ0) is 16.2. The number of fused-ring (bicyclic) bond motifs is 1. The molecule has 0 spiro atoms. The van der Waals surface area contributed by atoms with Gasteiger partial charge in [-0.2, -0.15) is 0 Å². The molecular weight excluding hydrogens is 313 g/mol. The van der Waals surface area contributed by atoms with Crippen LogP contribution in [-0.4, -0.2) is 33.6 Å². The van der Waals surface area contributed by atoms with Crippen LogP contribution in [0, 0.1) is 0 Å². The first kappa shape index (κ1) is 16.4. The number of aliphatic hydroxyl groups excluding tert-OH is 1. The van der Waals surface area contributed by atoms with Gasteiger partial charge < -0.3 is 20.0 Å². The largest absolute Gasteiger partial charge is 0.480 e. The number of hydrogen-bond donors (Lipinski definition) is 4. The molecule has 0 aliphatic heterocycles. The third-order valence-electron chi connectivity index (χ3n) is 2.73. The van der Waals surface area contributed by atoms with Gasteiger partial charge in [0.2, 0.25) is 5.97 Å². The fourth-order valence-corrected chi connectivity index (χ4v) is 2.29. The summed E-state index contributed by atoms with van der Waals surface area (Å²) >= 11 is 0. The summed E-state index contributed by atoms with van der Waals surface area (Å²) in [4.78, 5) is 24.7. The Bertz CT molecular complexity index is 715. The molecule has 22 heavy (non-hydrogen) atoms. The lowest BCUT2D eigenvalue weighted by molar-refractivity contribution is -0.136. The van der Waals surface area contributed by atoms with Crippen LogP contribution in [0.15, 0.2) is 42.5 Å². The average molecular weight is 327 g/mol. The van der Waals surface area contributed by atoms with Gasteiger partial charge in [0.1, 0.15) is 0 Å². The summed E-state index contributed by atoms with van der Waals surface area (Å²) in [7, 11) is -4.62. The molecule has 2 atom stereocenters. The van der Waals surface area contributed by atoms with Crippen molar-refractivity contribution in [3.63, 3.8) is 0 Å². The fourth-order valence-electron chi connectivity index (χ4n) is 1.70. The minimum absolute atomic E-state index is 0.192. The molecule has 2 unspecified atom stereocenters. The second-order valence-corrected chi connectivity index (χ2v) is 6.11. The first-order valence-electron chi connectivity index (χ1n) is 6.20. The maximum absolute atomic E-state index is 11.7. The standard InChI is InChI=1S/C13H14NO7P/c15-12(16)8-14-13(17)22(18,19)21-20-11-7-3-5-9-4-1-2-6-10(9)11/h1-7,13-14,17H,8H2,(H,15,16)(H,18,19). The molecule has 2 aromatic carbocycles. The monoisotopic (exact) mass is 327 g/mol. The van der Waals surface area contributed by atoms with E-state index in [2.05, 4.69) is 4.67 Å². The highest BCUT2D eigenvalue weighted by Gasteiger charge is 2.33. The summed E-state index contributed by atoms with van der Waals surface area (Å²) in [6.07, 6.45) is 0. The maximum atomic E-state index is 11.7. The smallest absolute Gasteiger partial charge is 0.408 e. The van der Waals surface area contributed by atoms with Crippen molar-refractivity contribution in [1.82, 2.24) is 5.32 Å². The summed E-state index contributed by atoms with van der Waals surface area (Å²) in [5, 5.41) is 21.3. The number of carboxylic acids is 1. The average Bonchev–Trinajstić information content (AvgIpc) is 2.50. The molecule has 0 fully saturated rings. The Morgan fingerprint density at radius 3 is 2.64 bits per heavy atom. The molecule has 0 aliphatic rings. The summed E-state index contributed by atoms with van der Waals surface area (Å²) < 4.78 is 16.2. The zero-order valence-electron chi connectivity index (χ0n) is 11.2. The fraction of sp³-hybridized carbons (Fsp3) is 0.154. The normalized spacial score (nSPS) is 15.2. The number of carbonyl (C=O) groups is 1. The summed E-state index contributed by atoms with van der Waals surface area (Å²) in [6.45, 7) is -0.705. The molecule has 118 valence electrons. The van der Waals surface area contributed by atoms with Gasteiger partial charge in [0.25, 0.3) is 0 Å². The van der Waals surface area contributed by atoms with E-state index in [1.165, 1.54) is 6.07 Å². The van der Waals surface area contributed by atoms with Crippen molar-refractivity contribution < 1.29 is 34.0 Å². The molecule has 8 nitrogen and oxygen atoms in total. The molecule has 0 saturated carbocycles. The van der Waals surface area contributed by atoms with Gasteiger partial charge in [0, 0.05) is 5.39 Å². The molecule has 0 radical (unpaired) electrons. The predicted molar refractivity (Wildman–Crippen MR) is 77.1 cm³/mol. The Labute approximate surface area is 125 Å². The van der Waals surface area contributed by atoms with E-state index < -0.39 is 26.1 Å². The zero-order valence-corrected chi connectivity index (χ0v) is 12.1. The molecule has 0 bridgehead atoms. The van der Waals surface area contributed by atoms with Crippen molar-refractivity contribution in [2.24, 2.45) is 0 Å². The number of aliphatic hydroxyl groups is 1. The second kappa shape index (κ2) is 6.87. The Hall–Kier alpha value is -1.96. The Kier molecular flexibility index (Phi) is 5.12. The van der Waals surface area contributed by atoms with Crippen LogP contribution >= 0.6 is 7.60 Å². The van der Waals surface area contributed by atoms with E-state index in [1.54, 1.807) is 18.2 Å². The van der Waals surface area contributed by atoms with Crippen LogP contribution in [0.1, 0.15) is 0 Å². The molecule has 0 aromatic heterocycles. The molecule has 2 aromatic rings. The topological polar surface area (TPSA) is 125 Å². The third kappa shape index (κ3) is 4.03. The van der Waals surface area contributed by atoms with Gasteiger partial charge in [-0.3, -0.25) is 14.7 Å². The first-order valence-corrected chi connectivity index (χ1v) is 7.84. The summed E-state index contributed by atoms with van der Waals surface area (Å²) in [6, 6.07) is 12.2. The first-order chi connectivity index (χ1) is 10.4. The summed E-state index contributed by atoms with van der Waals surface area (Å²) in [5.74, 6) is -3.19. The molecule has 0 amide bonds. The van der Waals surface area contributed by atoms with Crippen LogP contribution in [-0.2, 0) is 14.0 Å². The van der Waals surface area contributed by atoms with Crippen LogP contribution in [0.3, 0.4) is 0 Å². The minimum atomic E-state index is -4.62. The molecule has 2 rings (SSSR count). The van der Waals surface area contributed by atoms with Crippen molar-refractivity contribution in [2.45, 2.75) is 5.97 Å². The van der Waals surface area contributed by atoms with Gasteiger partial charge in [-0.15, -0.1) is 0 Å². The van der Waals surface area contributed by atoms with Crippen LogP contribution < -0.4 is 10.2 Å². The Morgan fingerprint density at radius 1 is 1.23 bits per heavy atom. The number of rotatable bonds is 7. The molecule has 0 heterocycles. The lowest BCUT2D eigenvalue weighted by Gasteiger charge is -2.17. The van der Waals surface area contributed by atoms with Gasteiger partial charge in [0.05, 0.1) is 6.54 Å². The van der Waals surface area contributed by atoms with E-state index in [0.717, 1.165) is 5.39 Å². The highest BCUT2D eigenvalue weighted by atomic mass is 31.2. The van der Waals surface area contributed by atoms with E-state index >= 15 is 0 Å². The van der Waals surface area contributed by atoms with Crippen molar-refractivity contribution in [3.8, 4) is 5.75 Å². The number of carboxylic acid groups (broad SMARTS) is 1. The van der Waals surface area contributed by atoms with Crippen molar-refractivity contribution >= 4 is 24.3 Å². The SMILES string of the molecule is O=C(O)CNC(O)P(=O)(O)OOc1cccc2ccccc12. The molecule has 0 aliphatic carbocycles. The molecule has 4 N–H and O–H groups in total. The van der Waals surface area contributed by atoms with Gasteiger partial charge in [0.15, 0.2) is 5.75 Å². The van der Waals surface area contributed by atoms with E-state index in [-0.39, 0.29) is 5.75 Å². The Morgan fingerprint density at radius 2 is 1.91 bits per heavy atom. The number of nitrogens with one attached hydrogen (secondary N) is 1. The van der Waals surface area contributed by atoms with Crippen molar-refractivity contribution in [3.05, 3.63) is 42.5 Å². The maximum Gasteiger partial charge on any atom is 0.408 e. The second-order valence-electron chi connectivity index (χ2n) is 4.35. The lowest BCUT2D eigenvalue weighted by atomic mass is 10.1. The van der Waals surface area contributed by atoms with E-state index in [9.17, 15) is 19.4 Å². The molecular formula is C13H14NO7P. The third-order valence-corrected chi connectivity index (χ3v) is 3.82. The van der Waals surface area contributed by atoms with E-state index in [0.29, 0.717) is 5.39 Å². The van der Waals surface area contributed by atoms with Crippen LogP contribution in [0.2, 0.25) is 0 Å². The van der Waals surface area contributed by atoms with Crippen LogP contribution in [0.4, 0.5) is 0 Å². The van der Waals surface area contributed by atoms with Crippen molar-refractivity contribution in [2.75, 3.05) is 6.54 Å². The number of aliphatic carboxylic acids is 1. The van der Waals surface area contributed by atoms with Gasteiger partial charge in [-0.05, 0) is 11.5 Å². The lowest BCUT2D eigenvalue weighted by Crippen LogP contribution is -2.34. The van der Waals surface area contributed by atoms with Gasteiger partial charge in [-0.25, -0.2) is 0 Å². The number of benzene rings is 2.